The highest BCUT2D eigenvalue weighted by Gasteiger charge is 2.40. The quantitative estimate of drug-likeness (QED) is 0.510. The van der Waals surface area contributed by atoms with Crippen molar-refractivity contribution in [2.45, 2.75) is 44.7 Å². The van der Waals surface area contributed by atoms with Crippen molar-refractivity contribution < 1.29 is 19.8 Å². The van der Waals surface area contributed by atoms with Crippen LogP contribution in [0.25, 0.3) is 0 Å². The third-order valence-corrected chi connectivity index (χ3v) is 2.98. The van der Waals surface area contributed by atoms with Gasteiger partial charge in [-0.2, -0.15) is 0 Å². The third kappa shape index (κ3) is 3.18. The smallest absolute Gasteiger partial charge is 0.323 e. The van der Waals surface area contributed by atoms with Crippen molar-refractivity contribution in [1.82, 2.24) is 0 Å². The maximum absolute atomic E-state index is 11.0. The van der Waals surface area contributed by atoms with E-state index in [0.29, 0.717) is 0 Å². The number of nitrogens with two attached hydrogens (primary N) is 2. The first kappa shape index (κ1) is 14.9. The van der Waals surface area contributed by atoms with Gasteiger partial charge in [0.1, 0.15) is 11.1 Å². The van der Waals surface area contributed by atoms with E-state index < -0.39 is 23.0 Å². The Kier molecular flexibility index (Phi) is 4.45. The van der Waals surface area contributed by atoms with Gasteiger partial charge < -0.3 is 21.7 Å². The number of carboxylic acids is 2. The molecule has 0 saturated carbocycles. The number of hydrogen-bond donors (Lipinski definition) is 4. The van der Waals surface area contributed by atoms with E-state index in [-0.39, 0.29) is 18.8 Å². The molecule has 0 amide bonds. The second kappa shape index (κ2) is 4.80. The van der Waals surface area contributed by atoms with Crippen molar-refractivity contribution in [3.05, 3.63) is 0 Å². The van der Waals surface area contributed by atoms with Gasteiger partial charge in [-0.25, -0.2) is 0 Å². The van der Waals surface area contributed by atoms with E-state index in [9.17, 15) is 9.59 Å². The molecule has 0 spiro atoms. The Morgan fingerprint density at radius 1 is 1.12 bits per heavy atom. The van der Waals surface area contributed by atoms with Gasteiger partial charge in [-0.05, 0) is 25.7 Å². The van der Waals surface area contributed by atoms with E-state index >= 15 is 0 Å². The molecule has 94 valence electrons. The van der Waals surface area contributed by atoms with Gasteiger partial charge >= 0.3 is 11.9 Å². The van der Waals surface area contributed by atoms with Crippen LogP contribution in [0.15, 0.2) is 0 Å². The zero-order valence-electron chi connectivity index (χ0n) is 9.86. The van der Waals surface area contributed by atoms with Crippen LogP contribution in [0.4, 0.5) is 0 Å². The van der Waals surface area contributed by atoms with Gasteiger partial charge in [0, 0.05) is 0 Å². The number of rotatable bonds is 6. The fourth-order valence-corrected chi connectivity index (χ4v) is 1.22. The van der Waals surface area contributed by atoms with Crippen LogP contribution in [0.2, 0.25) is 0 Å². The minimum absolute atomic E-state index is 0.0172. The summed E-state index contributed by atoms with van der Waals surface area (Å²) in [5, 5.41) is 17.8. The molecule has 0 heterocycles. The van der Waals surface area contributed by atoms with Crippen LogP contribution >= 0.6 is 0 Å². The van der Waals surface area contributed by atoms with E-state index in [1.807, 2.05) is 0 Å². The van der Waals surface area contributed by atoms with E-state index in [1.165, 1.54) is 6.92 Å². The Hall–Kier alpha value is -1.14. The molecule has 0 bridgehead atoms. The highest BCUT2D eigenvalue weighted by molar-refractivity contribution is 5.80. The van der Waals surface area contributed by atoms with E-state index in [0.717, 1.165) is 0 Å². The van der Waals surface area contributed by atoms with E-state index in [2.05, 4.69) is 0 Å². The summed E-state index contributed by atoms with van der Waals surface area (Å²) >= 11 is 0. The van der Waals surface area contributed by atoms with E-state index in [4.69, 9.17) is 21.7 Å². The van der Waals surface area contributed by atoms with Crippen LogP contribution in [0.3, 0.4) is 0 Å². The van der Waals surface area contributed by atoms with Gasteiger partial charge in [-0.15, -0.1) is 0 Å². The Morgan fingerprint density at radius 3 is 1.81 bits per heavy atom. The zero-order valence-corrected chi connectivity index (χ0v) is 9.86. The number of carboxylic acid groups (broad SMARTS) is 2. The van der Waals surface area contributed by atoms with Gasteiger partial charge in [0.05, 0.1) is 0 Å². The second-order valence-corrected chi connectivity index (χ2v) is 4.72. The summed E-state index contributed by atoms with van der Waals surface area (Å²) in [6.45, 7) is 4.71. The van der Waals surface area contributed by atoms with Gasteiger partial charge in [0.15, 0.2) is 0 Å². The van der Waals surface area contributed by atoms with Gasteiger partial charge in [0.25, 0.3) is 0 Å². The summed E-state index contributed by atoms with van der Waals surface area (Å²) in [5.74, 6) is -2.60. The molecule has 0 fully saturated rings. The molecule has 0 aromatic heterocycles. The predicted octanol–water partition coefficient (Wildman–Crippen LogP) is 0.00670. The largest absolute Gasteiger partial charge is 0.480 e. The fourth-order valence-electron chi connectivity index (χ4n) is 1.22. The summed E-state index contributed by atoms with van der Waals surface area (Å²) < 4.78 is 0. The van der Waals surface area contributed by atoms with Crippen LogP contribution in [0.1, 0.15) is 33.6 Å². The molecular formula is C10H20N2O4. The lowest BCUT2D eigenvalue weighted by molar-refractivity contribution is -0.148. The molecule has 2 atom stereocenters. The topological polar surface area (TPSA) is 127 Å². The van der Waals surface area contributed by atoms with Crippen LogP contribution in [-0.4, -0.2) is 33.2 Å². The van der Waals surface area contributed by atoms with Crippen molar-refractivity contribution >= 4 is 11.9 Å². The molecule has 16 heavy (non-hydrogen) atoms. The number of hydrogen-bond acceptors (Lipinski definition) is 4. The lowest BCUT2D eigenvalue weighted by atomic mass is 9.80. The molecule has 0 rings (SSSR count). The van der Waals surface area contributed by atoms with Gasteiger partial charge in [-0.3, -0.25) is 9.59 Å². The summed E-state index contributed by atoms with van der Waals surface area (Å²) in [4.78, 5) is 21.8. The first-order valence-corrected chi connectivity index (χ1v) is 5.08. The van der Waals surface area contributed by atoms with E-state index in [1.54, 1.807) is 13.8 Å². The molecule has 0 saturated heterocycles. The normalized spacial score (nSPS) is 18.9. The molecule has 6 heteroatoms. The molecule has 0 aromatic rings. The maximum atomic E-state index is 11.0. The molecule has 6 nitrogen and oxygen atoms in total. The average Bonchev–Trinajstić information content (AvgIpc) is 2.13. The monoisotopic (exact) mass is 232 g/mol. The Bertz CT molecular complexity index is 289. The van der Waals surface area contributed by atoms with Crippen molar-refractivity contribution in [3.8, 4) is 0 Å². The SMILES string of the molecule is CC(C)C(N)(CCC(C)(N)C(=O)O)C(=O)O. The zero-order chi connectivity index (χ0) is 13.1. The first-order valence-electron chi connectivity index (χ1n) is 5.08. The molecule has 0 aliphatic heterocycles. The molecule has 0 aliphatic rings. The van der Waals surface area contributed by atoms with Gasteiger partial charge in [0.2, 0.25) is 0 Å². The molecule has 6 N–H and O–H groups in total. The predicted molar refractivity (Wildman–Crippen MR) is 58.9 cm³/mol. The molecule has 0 radical (unpaired) electrons. The average molecular weight is 232 g/mol. The fraction of sp³-hybridized carbons (Fsp3) is 0.800. The van der Waals surface area contributed by atoms with Crippen LogP contribution in [0.5, 0.6) is 0 Å². The van der Waals surface area contributed by atoms with Crippen LogP contribution in [-0.2, 0) is 9.59 Å². The lowest BCUT2D eigenvalue weighted by Gasteiger charge is -2.31. The minimum Gasteiger partial charge on any atom is -0.480 e. The lowest BCUT2D eigenvalue weighted by Crippen LogP contribution is -2.55. The van der Waals surface area contributed by atoms with Crippen molar-refractivity contribution in [2.75, 3.05) is 0 Å². The summed E-state index contributed by atoms with van der Waals surface area (Å²) in [7, 11) is 0. The summed E-state index contributed by atoms with van der Waals surface area (Å²) in [6.07, 6.45) is 0.0443. The van der Waals surface area contributed by atoms with Crippen LogP contribution in [0, 0.1) is 5.92 Å². The first-order chi connectivity index (χ1) is 7.04. The molecule has 0 aromatic carbocycles. The number of aliphatic carboxylic acids is 2. The Balaban J connectivity index is 4.70. The van der Waals surface area contributed by atoms with Crippen molar-refractivity contribution in [3.63, 3.8) is 0 Å². The Labute approximate surface area is 94.6 Å². The Morgan fingerprint density at radius 2 is 1.56 bits per heavy atom. The summed E-state index contributed by atoms with van der Waals surface area (Å²) in [6, 6.07) is 0. The molecule has 2 unspecified atom stereocenters. The summed E-state index contributed by atoms with van der Waals surface area (Å²) in [5.41, 5.74) is 8.38. The van der Waals surface area contributed by atoms with Crippen molar-refractivity contribution in [1.29, 1.82) is 0 Å². The highest BCUT2D eigenvalue weighted by Crippen LogP contribution is 2.23. The number of carbonyl (C=O) groups is 2. The second-order valence-electron chi connectivity index (χ2n) is 4.72. The molecular weight excluding hydrogens is 212 g/mol. The highest BCUT2D eigenvalue weighted by atomic mass is 16.4. The maximum Gasteiger partial charge on any atom is 0.323 e. The molecule has 0 aliphatic carbocycles. The van der Waals surface area contributed by atoms with Gasteiger partial charge in [-0.1, -0.05) is 13.8 Å². The van der Waals surface area contributed by atoms with Crippen molar-refractivity contribution in [2.24, 2.45) is 17.4 Å². The standard InChI is InChI=1S/C10H20N2O4/c1-6(2)10(12,8(15)16)5-4-9(3,11)7(13)14/h6H,4-5,11-12H2,1-3H3,(H,13,14)(H,15,16). The van der Waals surface area contributed by atoms with Crippen LogP contribution < -0.4 is 11.5 Å². The minimum atomic E-state index is -1.45. The third-order valence-electron chi connectivity index (χ3n) is 2.98.